The molecule has 5 nitrogen and oxygen atoms in total. The van der Waals surface area contributed by atoms with Crippen molar-refractivity contribution in [2.45, 2.75) is 39.2 Å². The molecule has 0 spiro atoms. The summed E-state index contributed by atoms with van der Waals surface area (Å²) < 4.78 is 25.5. The summed E-state index contributed by atoms with van der Waals surface area (Å²) >= 11 is 0. The SMILES string of the molecule is CCCS(=O)(=O)NC(C)CN1CCCC1=O. The molecule has 0 bridgehead atoms. The van der Waals surface area contributed by atoms with Crippen LogP contribution in [0.25, 0.3) is 0 Å². The van der Waals surface area contributed by atoms with Gasteiger partial charge in [0.25, 0.3) is 0 Å². The highest BCUT2D eigenvalue weighted by molar-refractivity contribution is 7.89. The number of amides is 1. The minimum absolute atomic E-state index is 0.126. The second kappa shape index (κ2) is 5.63. The summed E-state index contributed by atoms with van der Waals surface area (Å²) in [5.41, 5.74) is 0. The lowest BCUT2D eigenvalue weighted by Crippen LogP contribution is -2.43. The number of carbonyl (C=O) groups excluding carboxylic acids is 1. The summed E-state index contributed by atoms with van der Waals surface area (Å²) in [6.07, 6.45) is 2.08. The average molecular weight is 248 g/mol. The molecule has 1 rings (SSSR count). The Morgan fingerprint density at radius 2 is 2.19 bits per heavy atom. The van der Waals surface area contributed by atoms with Gasteiger partial charge in [-0.15, -0.1) is 0 Å². The Labute approximate surface area is 97.2 Å². The Kier molecular flexibility index (Phi) is 4.73. The maximum absolute atomic E-state index is 11.5. The Hall–Kier alpha value is -0.620. The maximum atomic E-state index is 11.5. The fraction of sp³-hybridized carbons (Fsp3) is 0.900. The van der Waals surface area contributed by atoms with Crippen molar-refractivity contribution >= 4 is 15.9 Å². The van der Waals surface area contributed by atoms with Gasteiger partial charge in [0.2, 0.25) is 15.9 Å². The monoisotopic (exact) mass is 248 g/mol. The number of rotatable bonds is 6. The fourth-order valence-corrected chi connectivity index (χ4v) is 3.24. The van der Waals surface area contributed by atoms with E-state index < -0.39 is 10.0 Å². The predicted molar refractivity (Wildman–Crippen MR) is 62.5 cm³/mol. The average Bonchev–Trinajstić information content (AvgIpc) is 2.50. The molecule has 1 saturated heterocycles. The molecule has 1 fully saturated rings. The van der Waals surface area contributed by atoms with Crippen molar-refractivity contribution in [3.63, 3.8) is 0 Å². The van der Waals surface area contributed by atoms with Crippen molar-refractivity contribution < 1.29 is 13.2 Å². The highest BCUT2D eigenvalue weighted by Gasteiger charge is 2.23. The van der Waals surface area contributed by atoms with E-state index in [1.807, 2.05) is 6.92 Å². The van der Waals surface area contributed by atoms with Gasteiger partial charge in [0.1, 0.15) is 0 Å². The first-order valence-electron chi connectivity index (χ1n) is 5.72. The minimum atomic E-state index is -3.18. The van der Waals surface area contributed by atoms with E-state index >= 15 is 0 Å². The third-order valence-electron chi connectivity index (χ3n) is 2.52. The van der Waals surface area contributed by atoms with E-state index in [1.165, 1.54) is 0 Å². The van der Waals surface area contributed by atoms with Gasteiger partial charge < -0.3 is 4.90 Å². The van der Waals surface area contributed by atoms with E-state index in [2.05, 4.69) is 4.72 Å². The van der Waals surface area contributed by atoms with E-state index in [4.69, 9.17) is 0 Å². The summed E-state index contributed by atoms with van der Waals surface area (Å²) in [7, 11) is -3.18. The summed E-state index contributed by atoms with van der Waals surface area (Å²) in [6, 6.07) is -0.210. The van der Waals surface area contributed by atoms with Crippen molar-refractivity contribution in [3.8, 4) is 0 Å². The molecule has 1 aliphatic rings. The molecule has 1 unspecified atom stereocenters. The molecule has 1 atom stereocenters. The molecule has 0 aliphatic carbocycles. The van der Waals surface area contributed by atoms with E-state index in [1.54, 1.807) is 11.8 Å². The number of carbonyl (C=O) groups is 1. The number of hydrogen-bond donors (Lipinski definition) is 1. The summed E-state index contributed by atoms with van der Waals surface area (Å²) in [5, 5.41) is 0. The normalized spacial score (nSPS) is 19.1. The first-order chi connectivity index (χ1) is 7.44. The molecule has 0 aromatic carbocycles. The molecule has 0 aromatic rings. The maximum Gasteiger partial charge on any atom is 0.222 e. The third-order valence-corrected chi connectivity index (χ3v) is 4.23. The molecule has 1 heterocycles. The van der Waals surface area contributed by atoms with Gasteiger partial charge in [-0.05, 0) is 19.8 Å². The van der Waals surface area contributed by atoms with Crippen LogP contribution in [0.2, 0.25) is 0 Å². The van der Waals surface area contributed by atoms with Crippen LogP contribution in [0, 0.1) is 0 Å². The predicted octanol–water partition coefficient (Wildman–Crippen LogP) is 0.327. The minimum Gasteiger partial charge on any atom is -0.341 e. The Balaban J connectivity index is 2.41. The lowest BCUT2D eigenvalue weighted by molar-refractivity contribution is -0.127. The number of nitrogens with one attached hydrogen (secondary N) is 1. The molecule has 0 saturated carbocycles. The van der Waals surface area contributed by atoms with Gasteiger partial charge in [-0.25, -0.2) is 13.1 Å². The van der Waals surface area contributed by atoms with Crippen LogP contribution in [-0.2, 0) is 14.8 Å². The first kappa shape index (κ1) is 13.4. The number of likely N-dealkylation sites (tertiary alicyclic amines) is 1. The van der Waals surface area contributed by atoms with Crippen LogP contribution in [0.4, 0.5) is 0 Å². The van der Waals surface area contributed by atoms with E-state index in [0.717, 1.165) is 13.0 Å². The van der Waals surface area contributed by atoms with Crippen molar-refractivity contribution in [2.75, 3.05) is 18.8 Å². The van der Waals surface area contributed by atoms with Gasteiger partial charge in [0.05, 0.1) is 5.75 Å². The van der Waals surface area contributed by atoms with E-state index in [-0.39, 0.29) is 17.7 Å². The molecule has 6 heteroatoms. The van der Waals surface area contributed by atoms with Crippen LogP contribution >= 0.6 is 0 Å². The molecule has 1 N–H and O–H groups in total. The number of sulfonamides is 1. The zero-order valence-corrected chi connectivity index (χ0v) is 10.7. The summed E-state index contributed by atoms with van der Waals surface area (Å²) in [4.78, 5) is 13.1. The quantitative estimate of drug-likeness (QED) is 0.736. The van der Waals surface area contributed by atoms with Gasteiger partial charge >= 0.3 is 0 Å². The number of hydrogen-bond acceptors (Lipinski definition) is 3. The van der Waals surface area contributed by atoms with Crippen LogP contribution in [0.5, 0.6) is 0 Å². The molecule has 0 radical (unpaired) electrons. The molecule has 1 aliphatic heterocycles. The van der Waals surface area contributed by atoms with E-state index in [9.17, 15) is 13.2 Å². The van der Waals surface area contributed by atoms with Crippen LogP contribution in [0.1, 0.15) is 33.1 Å². The molecular weight excluding hydrogens is 228 g/mol. The van der Waals surface area contributed by atoms with Crippen LogP contribution < -0.4 is 4.72 Å². The van der Waals surface area contributed by atoms with Crippen molar-refractivity contribution in [2.24, 2.45) is 0 Å². The second-order valence-electron chi connectivity index (χ2n) is 4.28. The lowest BCUT2D eigenvalue weighted by atomic mass is 10.3. The Bertz CT molecular complexity index is 340. The molecule has 1 amide bonds. The van der Waals surface area contributed by atoms with Crippen LogP contribution in [0.15, 0.2) is 0 Å². The smallest absolute Gasteiger partial charge is 0.222 e. The molecule has 16 heavy (non-hydrogen) atoms. The lowest BCUT2D eigenvalue weighted by Gasteiger charge is -2.21. The Morgan fingerprint density at radius 1 is 1.50 bits per heavy atom. The van der Waals surface area contributed by atoms with E-state index in [0.29, 0.717) is 19.4 Å². The van der Waals surface area contributed by atoms with Gasteiger partial charge in [0, 0.05) is 25.6 Å². The molecule has 0 aromatic heterocycles. The van der Waals surface area contributed by atoms with Gasteiger partial charge in [-0.3, -0.25) is 4.79 Å². The topological polar surface area (TPSA) is 66.5 Å². The zero-order valence-electron chi connectivity index (χ0n) is 9.90. The van der Waals surface area contributed by atoms with Crippen LogP contribution in [-0.4, -0.2) is 44.1 Å². The first-order valence-corrected chi connectivity index (χ1v) is 7.37. The Morgan fingerprint density at radius 3 is 2.69 bits per heavy atom. The van der Waals surface area contributed by atoms with Gasteiger partial charge in [-0.1, -0.05) is 6.92 Å². The fourth-order valence-electron chi connectivity index (χ4n) is 1.90. The highest BCUT2D eigenvalue weighted by Crippen LogP contribution is 2.10. The van der Waals surface area contributed by atoms with Gasteiger partial charge in [0.15, 0.2) is 0 Å². The van der Waals surface area contributed by atoms with Gasteiger partial charge in [-0.2, -0.15) is 0 Å². The number of nitrogens with zero attached hydrogens (tertiary/aromatic N) is 1. The highest BCUT2D eigenvalue weighted by atomic mass is 32.2. The van der Waals surface area contributed by atoms with Crippen molar-refractivity contribution in [1.29, 1.82) is 0 Å². The third kappa shape index (κ3) is 4.09. The zero-order chi connectivity index (χ0) is 12.2. The molecular formula is C10H20N2O3S. The second-order valence-corrected chi connectivity index (χ2v) is 6.15. The summed E-state index contributed by atoms with van der Waals surface area (Å²) in [5.74, 6) is 0.271. The van der Waals surface area contributed by atoms with Crippen molar-refractivity contribution in [3.05, 3.63) is 0 Å². The summed E-state index contributed by atoms with van der Waals surface area (Å²) in [6.45, 7) is 4.84. The standard InChI is InChI=1S/C10H20N2O3S/c1-3-7-16(14,15)11-9(2)8-12-6-4-5-10(12)13/h9,11H,3-8H2,1-2H3. The van der Waals surface area contributed by atoms with Crippen LogP contribution in [0.3, 0.4) is 0 Å². The van der Waals surface area contributed by atoms with Crippen molar-refractivity contribution in [1.82, 2.24) is 9.62 Å². The molecule has 94 valence electrons. The largest absolute Gasteiger partial charge is 0.341 e.